The smallest absolute Gasteiger partial charge is 0.119 e. The Hall–Kier alpha value is -0.540. The Bertz CT molecular complexity index is 311. The fourth-order valence-electron chi connectivity index (χ4n) is 1.35. The van der Waals surface area contributed by atoms with Crippen LogP contribution in [0.15, 0.2) is 12.1 Å². The van der Waals surface area contributed by atoms with Gasteiger partial charge in [0.05, 0.1) is 6.61 Å². The van der Waals surface area contributed by atoms with Crippen LogP contribution in [0.3, 0.4) is 0 Å². The molecule has 1 rings (SSSR count). The molecule has 0 heterocycles. The molecule has 0 aromatic heterocycles. The minimum atomic E-state index is -0.481. The molecule has 84 valence electrons. The molecule has 0 unspecified atom stereocenters. The van der Waals surface area contributed by atoms with Gasteiger partial charge in [-0.15, -0.1) is 0 Å². The van der Waals surface area contributed by atoms with Gasteiger partial charge in [0.2, 0.25) is 0 Å². The van der Waals surface area contributed by atoms with Crippen LogP contribution in [-0.2, 0) is 0 Å². The maximum Gasteiger partial charge on any atom is 0.119 e. The number of hydrogen-bond acceptors (Lipinski definition) is 2. The van der Waals surface area contributed by atoms with Gasteiger partial charge in [0.25, 0.3) is 0 Å². The molecule has 0 saturated heterocycles. The SMILES string of the molecule is Cc1cc(OCC[C@H](O)Br)cc(C)c1C. The Morgan fingerprint density at radius 3 is 2.27 bits per heavy atom. The fraction of sp³-hybridized carbons (Fsp3) is 0.500. The summed E-state index contributed by atoms with van der Waals surface area (Å²) in [5, 5.41) is 8.54. The lowest BCUT2D eigenvalue weighted by atomic mass is 10.0. The summed E-state index contributed by atoms with van der Waals surface area (Å²) in [4.78, 5) is 0. The van der Waals surface area contributed by atoms with Crippen LogP contribution in [0.1, 0.15) is 23.1 Å². The van der Waals surface area contributed by atoms with Gasteiger partial charge >= 0.3 is 0 Å². The summed E-state index contributed by atoms with van der Waals surface area (Å²) in [5.74, 6) is 0.878. The van der Waals surface area contributed by atoms with E-state index in [4.69, 9.17) is 9.84 Å². The van der Waals surface area contributed by atoms with E-state index in [1.165, 1.54) is 16.7 Å². The molecule has 0 bridgehead atoms. The maximum absolute atomic E-state index is 9.02. The number of aliphatic hydroxyl groups is 1. The monoisotopic (exact) mass is 272 g/mol. The van der Waals surface area contributed by atoms with Crippen molar-refractivity contribution in [3.63, 3.8) is 0 Å². The van der Waals surface area contributed by atoms with Crippen molar-refractivity contribution in [1.82, 2.24) is 0 Å². The minimum Gasteiger partial charge on any atom is -0.493 e. The zero-order chi connectivity index (χ0) is 11.4. The molecule has 0 aliphatic rings. The number of aryl methyl sites for hydroxylation is 2. The van der Waals surface area contributed by atoms with Gasteiger partial charge in [-0.25, -0.2) is 0 Å². The van der Waals surface area contributed by atoms with Gasteiger partial charge in [-0.2, -0.15) is 0 Å². The molecule has 0 aliphatic heterocycles. The third-order valence-corrected chi connectivity index (χ3v) is 2.98. The van der Waals surface area contributed by atoms with E-state index in [0.717, 1.165) is 5.75 Å². The largest absolute Gasteiger partial charge is 0.493 e. The summed E-state index contributed by atoms with van der Waals surface area (Å²) in [7, 11) is 0. The highest BCUT2D eigenvalue weighted by molar-refractivity contribution is 9.09. The molecule has 0 aliphatic carbocycles. The first-order chi connectivity index (χ1) is 7.00. The van der Waals surface area contributed by atoms with Gasteiger partial charge in [-0.05, 0) is 49.6 Å². The second-order valence-electron chi connectivity index (χ2n) is 3.75. The highest BCUT2D eigenvalue weighted by atomic mass is 79.9. The first kappa shape index (κ1) is 12.5. The molecule has 1 aromatic rings. The molecule has 15 heavy (non-hydrogen) atoms. The lowest BCUT2D eigenvalue weighted by Crippen LogP contribution is -2.05. The molecule has 1 atom stereocenters. The van der Waals surface area contributed by atoms with Crippen molar-refractivity contribution in [1.29, 1.82) is 0 Å². The highest BCUT2D eigenvalue weighted by Gasteiger charge is 2.03. The Morgan fingerprint density at radius 2 is 1.80 bits per heavy atom. The minimum absolute atomic E-state index is 0.481. The topological polar surface area (TPSA) is 29.5 Å². The fourth-order valence-corrected chi connectivity index (χ4v) is 1.54. The number of ether oxygens (including phenoxy) is 1. The van der Waals surface area contributed by atoms with Crippen molar-refractivity contribution >= 4 is 15.9 Å². The number of alkyl halides is 1. The molecule has 0 fully saturated rings. The van der Waals surface area contributed by atoms with E-state index < -0.39 is 5.01 Å². The molecule has 3 heteroatoms. The number of aliphatic hydroxyl groups excluding tert-OH is 1. The van der Waals surface area contributed by atoms with Crippen molar-refractivity contribution in [3.8, 4) is 5.75 Å². The Kier molecular flexibility index (Phi) is 4.61. The maximum atomic E-state index is 9.02. The summed E-state index contributed by atoms with van der Waals surface area (Å²) >= 11 is 3.06. The number of benzene rings is 1. The zero-order valence-corrected chi connectivity index (χ0v) is 11.0. The molecular formula is C12H17BrO2. The van der Waals surface area contributed by atoms with Gasteiger partial charge in [0.1, 0.15) is 10.8 Å². The predicted molar refractivity (Wildman–Crippen MR) is 65.7 cm³/mol. The van der Waals surface area contributed by atoms with Crippen LogP contribution in [0.2, 0.25) is 0 Å². The number of halogens is 1. The Labute approximate surface area is 99.4 Å². The summed E-state index contributed by atoms with van der Waals surface area (Å²) < 4.78 is 5.54. The van der Waals surface area contributed by atoms with Gasteiger partial charge in [0.15, 0.2) is 0 Å². The number of rotatable bonds is 4. The highest BCUT2D eigenvalue weighted by Crippen LogP contribution is 2.21. The van der Waals surface area contributed by atoms with Crippen molar-refractivity contribution in [2.24, 2.45) is 0 Å². The molecule has 2 nitrogen and oxygen atoms in total. The van der Waals surface area contributed by atoms with Gasteiger partial charge in [-0.3, -0.25) is 0 Å². The average molecular weight is 273 g/mol. The molecule has 0 radical (unpaired) electrons. The molecule has 0 spiro atoms. The van der Waals surface area contributed by atoms with E-state index in [2.05, 4.69) is 36.7 Å². The molecule has 0 amide bonds. The first-order valence-electron chi connectivity index (χ1n) is 5.03. The van der Waals surface area contributed by atoms with E-state index in [9.17, 15) is 0 Å². The summed E-state index contributed by atoms with van der Waals surface area (Å²) in [6, 6.07) is 4.06. The van der Waals surface area contributed by atoms with Crippen LogP contribution in [0, 0.1) is 20.8 Å². The lowest BCUT2D eigenvalue weighted by molar-refractivity contribution is 0.213. The summed E-state index contributed by atoms with van der Waals surface area (Å²) in [5.41, 5.74) is 3.79. The van der Waals surface area contributed by atoms with Crippen molar-refractivity contribution in [2.45, 2.75) is 32.2 Å². The molecule has 0 saturated carbocycles. The normalized spacial score (nSPS) is 12.6. The van der Waals surface area contributed by atoms with Crippen LogP contribution in [0.25, 0.3) is 0 Å². The average Bonchev–Trinajstić information content (AvgIpc) is 2.13. The van der Waals surface area contributed by atoms with Crippen molar-refractivity contribution in [2.75, 3.05) is 6.61 Å². The van der Waals surface area contributed by atoms with Crippen molar-refractivity contribution in [3.05, 3.63) is 28.8 Å². The summed E-state index contributed by atoms with van der Waals surface area (Å²) in [6.07, 6.45) is 0.589. The second kappa shape index (κ2) is 5.52. The lowest BCUT2D eigenvalue weighted by Gasteiger charge is -2.11. The van der Waals surface area contributed by atoms with Crippen LogP contribution < -0.4 is 4.74 Å². The quantitative estimate of drug-likeness (QED) is 0.854. The van der Waals surface area contributed by atoms with Crippen molar-refractivity contribution < 1.29 is 9.84 Å². The molecular weight excluding hydrogens is 256 g/mol. The van der Waals surface area contributed by atoms with E-state index in [-0.39, 0.29) is 0 Å². The van der Waals surface area contributed by atoms with Gasteiger partial charge < -0.3 is 9.84 Å². The van der Waals surface area contributed by atoms with E-state index in [1.54, 1.807) is 0 Å². The van der Waals surface area contributed by atoms with Gasteiger partial charge in [0, 0.05) is 6.42 Å². The van der Waals surface area contributed by atoms with E-state index >= 15 is 0 Å². The third-order valence-electron chi connectivity index (χ3n) is 2.53. The Morgan fingerprint density at radius 1 is 1.27 bits per heavy atom. The van der Waals surface area contributed by atoms with Crippen LogP contribution in [0.4, 0.5) is 0 Å². The number of hydrogen-bond donors (Lipinski definition) is 1. The van der Waals surface area contributed by atoms with E-state index in [1.807, 2.05) is 12.1 Å². The molecule has 1 aromatic carbocycles. The summed E-state index contributed by atoms with van der Waals surface area (Å²) in [6.45, 7) is 6.79. The first-order valence-corrected chi connectivity index (χ1v) is 5.95. The van der Waals surface area contributed by atoms with Crippen LogP contribution >= 0.6 is 15.9 Å². The van der Waals surface area contributed by atoms with Gasteiger partial charge in [-0.1, -0.05) is 15.9 Å². The van der Waals surface area contributed by atoms with Crippen LogP contribution in [-0.4, -0.2) is 16.7 Å². The standard InChI is InChI=1S/C12H17BrO2/c1-8-6-11(7-9(2)10(8)3)15-5-4-12(13)14/h6-7,12,14H,4-5H2,1-3H3/t12-/m0/s1. The Balaban J connectivity index is 2.63. The third kappa shape index (κ3) is 3.84. The molecule has 1 N–H and O–H groups in total. The second-order valence-corrected chi connectivity index (χ2v) is 4.81. The predicted octanol–water partition coefficient (Wildman–Crippen LogP) is 3.09. The zero-order valence-electron chi connectivity index (χ0n) is 9.38. The van der Waals surface area contributed by atoms with Crippen LogP contribution in [0.5, 0.6) is 5.75 Å². The van der Waals surface area contributed by atoms with E-state index in [0.29, 0.717) is 13.0 Å².